The molecule has 0 amide bonds. The summed E-state index contributed by atoms with van der Waals surface area (Å²) in [5, 5.41) is 9.67. The summed E-state index contributed by atoms with van der Waals surface area (Å²) < 4.78 is 6.27. The quantitative estimate of drug-likeness (QED) is 0.132. The number of para-hydroxylation sites is 1. The van der Waals surface area contributed by atoms with Crippen molar-refractivity contribution in [3.8, 4) is 22.5 Å². The average molecular weight is 783 g/mol. The number of pyridine rings is 2. The molecule has 0 aliphatic heterocycles. The molecule has 3 nitrogen and oxygen atoms in total. The van der Waals surface area contributed by atoms with Gasteiger partial charge >= 0.3 is 0 Å². The van der Waals surface area contributed by atoms with Crippen LogP contribution in [-0.4, -0.2) is 9.97 Å². The van der Waals surface area contributed by atoms with Gasteiger partial charge in [0.1, 0.15) is 5.58 Å². The van der Waals surface area contributed by atoms with Crippen molar-refractivity contribution in [1.29, 1.82) is 0 Å². The molecular weight excluding hydrogens is 753 g/mol. The zero-order valence-electron chi connectivity index (χ0n) is 26.0. The van der Waals surface area contributed by atoms with E-state index in [2.05, 4.69) is 104 Å². The number of hydrogen-bond acceptors (Lipinski definition) is 3. The van der Waals surface area contributed by atoms with Crippen LogP contribution in [0.1, 0.15) is 25.3 Å². The zero-order valence-corrected chi connectivity index (χ0v) is 28.4. The predicted molar refractivity (Wildman–Crippen MR) is 191 cm³/mol. The smallest absolute Gasteiger partial charge is 0.120 e. The van der Waals surface area contributed by atoms with Gasteiger partial charge in [-0.25, -0.2) is 0 Å². The largest absolute Gasteiger partial charge is 0.500 e. The molecule has 0 atom stereocenters. The van der Waals surface area contributed by atoms with E-state index < -0.39 is 0 Å². The second kappa shape index (κ2) is 12.9. The van der Waals surface area contributed by atoms with E-state index in [1.807, 2.05) is 60.8 Å². The van der Waals surface area contributed by atoms with Crippen molar-refractivity contribution in [3.63, 3.8) is 0 Å². The van der Waals surface area contributed by atoms with Gasteiger partial charge in [-0.05, 0) is 67.8 Å². The summed E-state index contributed by atoms with van der Waals surface area (Å²) in [6, 6.07) is 50.5. The molecule has 3 heterocycles. The summed E-state index contributed by atoms with van der Waals surface area (Å²) in [7, 11) is 0. The molecule has 0 unspecified atom stereocenters. The van der Waals surface area contributed by atoms with Crippen molar-refractivity contribution < 1.29 is 24.5 Å². The van der Waals surface area contributed by atoms with E-state index in [9.17, 15) is 0 Å². The van der Waals surface area contributed by atoms with Crippen molar-refractivity contribution in [2.45, 2.75) is 19.8 Å². The molecule has 0 saturated carbocycles. The van der Waals surface area contributed by atoms with Crippen molar-refractivity contribution in [2.24, 2.45) is 0 Å². The van der Waals surface area contributed by atoms with E-state index in [0.717, 1.165) is 55.4 Å². The van der Waals surface area contributed by atoms with Crippen LogP contribution in [0.3, 0.4) is 0 Å². The van der Waals surface area contributed by atoms with E-state index in [1.54, 1.807) is 6.20 Å². The first-order valence-corrected chi connectivity index (χ1v) is 15.6. The molecule has 0 bridgehead atoms. The first kappa shape index (κ1) is 30.5. The zero-order chi connectivity index (χ0) is 31.0. The van der Waals surface area contributed by atoms with Gasteiger partial charge in [0.25, 0.3) is 0 Å². The minimum atomic E-state index is 0. The second-order valence-electron chi connectivity index (χ2n) is 11.8. The standard InChI is InChI=1S/C32H22NO.C11H8N.Ir/c1-19(2)28-17-21(18-29-26-9-5-6-10-30(26)34-32(28)29)31-27-14-13-23-22-8-4-3-7-20(22)11-12-24(23)25(27)15-16-33-31;1-2-6-10(7-3-1)11-8-4-5-9-12-11;/h3-16,18-19H,1-2H3;1-6,8-9H;/q2*-1;. The van der Waals surface area contributed by atoms with Gasteiger partial charge in [0, 0.05) is 37.9 Å². The molecule has 0 saturated heterocycles. The van der Waals surface area contributed by atoms with Crippen LogP contribution in [0, 0.1) is 12.1 Å². The Morgan fingerprint density at radius 2 is 1.30 bits per heavy atom. The fraction of sp³-hybridized carbons (Fsp3) is 0.0698. The molecule has 9 aromatic rings. The molecular formula is C43H30IrN2O-2. The normalized spacial score (nSPS) is 11.2. The second-order valence-corrected chi connectivity index (χ2v) is 11.8. The Kier molecular flexibility index (Phi) is 8.39. The van der Waals surface area contributed by atoms with Crippen LogP contribution in [0.2, 0.25) is 0 Å². The number of rotatable bonds is 3. The summed E-state index contributed by atoms with van der Waals surface area (Å²) in [6.07, 6.45) is 3.71. The van der Waals surface area contributed by atoms with Gasteiger partial charge < -0.3 is 14.4 Å². The number of aromatic nitrogens is 2. The van der Waals surface area contributed by atoms with Crippen LogP contribution < -0.4 is 0 Å². The molecule has 9 rings (SSSR count). The van der Waals surface area contributed by atoms with Crippen LogP contribution in [0.4, 0.5) is 0 Å². The predicted octanol–water partition coefficient (Wildman–Crippen LogP) is 11.6. The minimum absolute atomic E-state index is 0. The number of nitrogens with zero attached hydrogens (tertiary/aromatic N) is 2. The molecule has 3 aromatic heterocycles. The number of furan rings is 1. The average Bonchev–Trinajstić information content (AvgIpc) is 3.50. The first-order chi connectivity index (χ1) is 22.7. The molecule has 6 aromatic carbocycles. The van der Waals surface area contributed by atoms with Gasteiger partial charge in [0.05, 0.1) is 5.58 Å². The maximum Gasteiger partial charge on any atom is 0.120 e. The molecule has 229 valence electrons. The van der Waals surface area contributed by atoms with Crippen molar-refractivity contribution in [3.05, 3.63) is 157 Å². The van der Waals surface area contributed by atoms with Gasteiger partial charge in [0.15, 0.2) is 0 Å². The SMILES string of the molecule is CC(C)c1[c-]c(-c2nccc3c2ccc2c4ccccc4ccc32)cc2c1oc1ccccc12.[Ir].[c-]1ccccc1-c1ccccn1. The molecule has 0 N–H and O–H groups in total. The summed E-state index contributed by atoms with van der Waals surface area (Å²) >= 11 is 0. The summed E-state index contributed by atoms with van der Waals surface area (Å²) in [5.41, 5.74) is 6.91. The third-order valence-electron chi connectivity index (χ3n) is 8.59. The van der Waals surface area contributed by atoms with Crippen LogP contribution >= 0.6 is 0 Å². The molecule has 47 heavy (non-hydrogen) atoms. The maximum atomic E-state index is 6.27. The number of fused-ring (bicyclic) bond motifs is 8. The van der Waals surface area contributed by atoms with E-state index in [-0.39, 0.29) is 26.0 Å². The molecule has 1 radical (unpaired) electrons. The number of benzene rings is 6. The van der Waals surface area contributed by atoms with Crippen molar-refractivity contribution in [2.75, 3.05) is 0 Å². The Balaban J connectivity index is 0.000000228. The van der Waals surface area contributed by atoms with Crippen LogP contribution in [0.5, 0.6) is 0 Å². The molecule has 0 aliphatic rings. The molecule has 0 spiro atoms. The van der Waals surface area contributed by atoms with E-state index in [1.165, 1.54) is 26.9 Å². The van der Waals surface area contributed by atoms with Gasteiger partial charge in [-0.15, -0.1) is 53.6 Å². The van der Waals surface area contributed by atoms with Crippen molar-refractivity contribution >= 4 is 54.3 Å². The fourth-order valence-corrected chi connectivity index (χ4v) is 6.37. The van der Waals surface area contributed by atoms with E-state index >= 15 is 0 Å². The van der Waals surface area contributed by atoms with Crippen LogP contribution in [0.25, 0.3) is 76.8 Å². The Hall–Kier alpha value is -5.15. The summed E-state index contributed by atoms with van der Waals surface area (Å²) in [5.74, 6) is 0.283. The van der Waals surface area contributed by atoms with Gasteiger partial charge in [0.2, 0.25) is 0 Å². The Morgan fingerprint density at radius 3 is 2.11 bits per heavy atom. The van der Waals surface area contributed by atoms with Gasteiger partial charge in [-0.2, -0.15) is 0 Å². The van der Waals surface area contributed by atoms with Crippen LogP contribution in [0.15, 0.2) is 144 Å². The van der Waals surface area contributed by atoms with E-state index in [0.29, 0.717) is 0 Å². The first-order valence-electron chi connectivity index (χ1n) is 15.6. The monoisotopic (exact) mass is 783 g/mol. The van der Waals surface area contributed by atoms with Crippen LogP contribution in [-0.2, 0) is 20.1 Å². The summed E-state index contributed by atoms with van der Waals surface area (Å²) in [6.45, 7) is 4.38. The third-order valence-corrected chi connectivity index (χ3v) is 8.59. The fourth-order valence-electron chi connectivity index (χ4n) is 6.37. The number of hydrogen-bond donors (Lipinski definition) is 0. The van der Waals surface area contributed by atoms with Gasteiger partial charge in [-0.1, -0.05) is 104 Å². The minimum Gasteiger partial charge on any atom is -0.500 e. The molecule has 4 heteroatoms. The molecule has 0 aliphatic carbocycles. The molecule has 0 fully saturated rings. The Morgan fingerprint density at radius 1 is 0.574 bits per heavy atom. The summed E-state index contributed by atoms with van der Waals surface area (Å²) in [4.78, 5) is 9.07. The Labute approximate surface area is 287 Å². The maximum absolute atomic E-state index is 6.27. The Bertz CT molecular complexity index is 2470. The third kappa shape index (κ3) is 5.61. The van der Waals surface area contributed by atoms with E-state index in [4.69, 9.17) is 9.40 Å². The topological polar surface area (TPSA) is 38.9 Å². The van der Waals surface area contributed by atoms with Gasteiger partial charge in [-0.3, -0.25) is 0 Å². The van der Waals surface area contributed by atoms with Crippen molar-refractivity contribution in [1.82, 2.24) is 9.97 Å².